The van der Waals surface area contributed by atoms with Crippen LogP contribution in [0.25, 0.3) is 0 Å². The van der Waals surface area contributed by atoms with E-state index in [-0.39, 0.29) is 31.7 Å². The number of nitrogen functional groups attached to an aromatic ring is 1. The Morgan fingerprint density at radius 3 is 2.71 bits per heavy atom. The number of sulfone groups is 1. The van der Waals surface area contributed by atoms with Gasteiger partial charge in [0.1, 0.15) is 28.1 Å². The predicted octanol–water partition coefficient (Wildman–Crippen LogP) is 3.11. The number of amides is 1. The topological polar surface area (TPSA) is 134 Å². The molecular formula is C18H15ClN4O5S3. The highest BCUT2D eigenvalue weighted by Crippen LogP contribution is 2.33. The van der Waals surface area contributed by atoms with Crippen LogP contribution in [0.3, 0.4) is 0 Å². The molecule has 0 saturated heterocycles. The normalized spacial score (nSPS) is 13.1. The van der Waals surface area contributed by atoms with Crippen LogP contribution in [0, 0.1) is 0 Å². The second kappa shape index (κ2) is 8.91. The number of hydrogen-bond acceptors (Lipinski definition) is 10. The fourth-order valence-electron chi connectivity index (χ4n) is 2.64. The van der Waals surface area contributed by atoms with Crippen molar-refractivity contribution >= 4 is 61.9 Å². The van der Waals surface area contributed by atoms with Gasteiger partial charge in [0.25, 0.3) is 0 Å². The molecule has 13 heteroatoms. The van der Waals surface area contributed by atoms with Crippen molar-refractivity contribution in [3.63, 3.8) is 0 Å². The molecule has 2 aromatic heterocycles. The third kappa shape index (κ3) is 4.87. The number of thioether (sulfide) groups is 1. The molecule has 31 heavy (non-hydrogen) atoms. The van der Waals surface area contributed by atoms with E-state index in [1.54, 1.807) is 18.2 Å². The average Bonchev–Trinajstić information content (AvgIpc) is 3.19. The van der Waals surface area contributed by atoms with Gasteiger partial charge in [0, 0.05) is 11.8 Å². The summed E-state index contributed by atoms with van der Waals surface area (Å²) in [7, 11) is -3.87. The molecule has 9 nitrogen and oxygen atoms in total. The summed E-state index contributed by atoms with van der Waals surface area (Å²) in [6.07, 6.45) is 1.13. The number of rotatable bonds is 6. The molecule has 1 amide bonds. The number of nitrogens with zero attached hydrogens (tertiary/aromatic N) is 2. The molecule has 1 aliphatic heterocycles. The van der Waals surface area contributed by atoms with E-state index < -0.39 is 9.84 Å². The van der Waals surface area contributed by atoms with E-state index in [2.05, 4.69) is 15.3 Å². The molecule has 162 valence electrons. The minimum atomic E-state index is -3.87. The van der Waals surface area contributed by atoms with E-state index in [0.717, 1.165) is 29.3 Å². The van der Waals surface area contributed by atoms with Gasteiger partial charge in [-0.05, 0) is 24.3 Å². The lowest BCUT2D eigenvalue weighted by Crippen LogP contribution is -2.17. The maximum Gasteiger partial charge on any atom is 0.234 e. The number of hydrogen-bond donors (Lipinski definition) is 2. The summed E-state index contributed by atoms with van der Waals surface area (Å²) in [5, 5.41) is 2.93. The summed E-state index contributed by atoms with van der Waals surface area (Å²) in [4.78, 5) is 20.1. The van der Waals surface area contributed by atoms with Crippen molar-refractivity contribution in [3.8, 4) is 11.5 Å². The molecule has 0 fully saturated rings. The molecule has 0 radical (unpaired) electrons. The highest BCUT2D eigenvalue weighted by Gasteiger charge is 2.24. The molecule has 0 bridgehead atoms. The maximum absolute atomic E-state index is 12.7. The van der Waals surface area contributed by atoms with Crippen molar-refractivity contribution in [2.75, 3.05) is 30.0 Å². The number of anilines is 2. The summed E-state index contributed by atoms with van der Waals surface area (Å²) >= 11 is 7.76. The van der Waals surface area contributed by atoms with Crippen LogP contribution < -0.4 is 20.5 Å². The number of thiophene rings is 1. The van der Waals surface area contributed by atoms with Gasteiger partial charge in [-0.2, -0.15) is 0 Å². The standard InChI is InChI=1S/C18H15ClN4O5S3/c19-14-3-4-16(30-14)31(25,26)13-8-21-18(23-17(13)20)29-9-15(24)22-10-1-2-11-12(7-10)28-6-5-27-11/h1-4,7-8H,5-6,9H2,(H,22,24)(H2,20,21,23). The van der Waals surface area contributed by atoms with Gasteiger partial charge >= 0.3 is 0 Å². The molecule has 0 atom stereocenters. The van der Waals surface area contributed by atoms with E-state index in [1.807, 2.05) is 0 Å². The van der Waals surface area contributed by atoms with Gasteiger partial charge < -0.3 is 20.5 Å². The second-order valence-corrected chi connectivity index (χ2v) is 11.0. The van der Waals surface area contributed by atoms with Crippen LogP contribution in [-0.2, 0) is 14.6 Å². The molecule has 0 spiro atoms. The van der Waals surface area contributed by atoms with Gasteiger partial charge in [0.2, 0.25) is 15.7 Å². The van der Waals surface area contributed by atoms with Gasteiger partial charge in [-0.25, -0.2) is 18.4 Å². The molecule has 0 aliphatic carbocycles. The van der Waals surface area contributed by atoms with Crippen molar-refractivity contribution in [2.24, 2.45) is 0 Å². The number of ether oxygens (including phenoxy) is 2. The van der Waals surface area contributed by atoms with Gasteiger partial charge in [-0.15, -0.1) is 11.3 Å². The predicted molar refractivity (Wildman–Crippen MR) is 118 cm³/mol. The lowest BCUT2D eigenvalue weighted by atomic mass is 10.2. The molecular weight excluding hydrogens is 484 g/mol. The number of carbonyl (C=O) groups is 1. The Bertz CT molecular complexity index is 1250. The molecule has 3 N–H and O–H groups in total. The number of halogens is 1. The van der Waals surface area contributed by atoms with Crippen LogP contribution in [0.15, 0.2) is 50.8 Å². The molecule has 1 aliphatic rings. The average molecular weight is 499 g/mol. The van der Waals surface area contributed by atoms with Gasteiger partial charge in [0.15, 0.2) is 16.7 Å². The Labute approximate surface area is 190 Å². The third-order valence-electron chi connectivity index (χ3n) is 4.02. The summed E-state index contributed by atoms with van der Waals surface area (Å²) in [6.45, 7) is 0.934. The first-order valence-electron chi connectivity index (χ1n) is 8.78. The number of carbonyl (C=O) groups excluding carboxylic acids is 1. The number of aromatic nitrogens is 2. The lowest BCUT2D eigenvalue weighted by molar-refractivity contribution is -0.113. The maximum atomic E-state index is 12.7. The lowest BCUT2D eigenvalue weighted by Gasteiger charge is -2.18. The minimum absolute atomic E-state index is 0.000507. The Hall–Kier alpha value is -2.54. The Kier molecular flexibility index (Phi) is 6.23. The molecule has 3 aromatic rings. The summed E-state index contributed by atoms with van der Waals surface area (Å²) in [5.74, 6) is 0.697. The molecule has 0 unspecified atom stereocenters. The third-order valence-corrected chi connectivity index (χ3v) is 8.38. The minimum Gasteiger partial charge on any atom is -0.486 e. The number of nitrogens with one attached hydrogen (secondary N) is 1. The van der Waals surface area contributed by atoms with E-state index in [0.29, 0.717) is 34.7 Å². The fourth-order valence-corrected chi connectivity index (χ4v) is 6.13. The van der Waals surface area contributed by atoms with E-state index in [1.165, 1.54) is 12.1 Å². The molecule has 1 aromatic carbocycles. The van der Waals surface area contributed by atoms with Gasteiger partial charge in [0.05, 0.1) is 16.3 Å². The Morgan fingerprint density at radius 2 is 2.00 bits per heavy atom. The first-order valence-corrected chi connectivity index (χ1v) is 12.4. The Morgan fingerprint density at radius 1 is 1.23 bits per heavy atom. The zero-order chi connectivity index (χ0) is 22.0. The summed E-state index contributed by atoms with van der Waals surface area (Å²) < 4.78 is 36.6. The second-order valence-electron chi connectivity index (χ2n) is 6.16. The molecule has 3 heterocycles. The SMILES string of the molecule is Nc1nc(SCC(=O)Nc2ccc3c(c2)OCCO3)ncc1S(=O)(=O)c1ccc(Cl)s1. The van der Waals surface area contributed by atoms with Crippen molar-refractivity contribution < 1.29 is 22.7 Å². The monoisotopic (exact) mass is 498 g/mol. The highest BCUT2D eigenvalue weighted by atomic mass is 35.5. The largest absolute Gasteiger partial charge is 0.486 e. The van der Waals surface area contributed by atoms with Gasteiger partial charge in [-0.3, -0.25) is 4.79 Å². The van der Waals surface area contributed by atoms with Crippen LogP contribution >= 0.6 is 34.7 Å². The van der Waals surface area contributed by atoms with Crippen molar-refractivity contribution in [3.05, 3.63) is 40.9 Å². The zero-order valence-electron chi connectivity index (χ0n) is 15.7. The van der Waals surface area contributed by atoms with Crippen molar-refractivity contribution in [1.29, 1.82) is 0 Å². The van der Waals surface area contributed by atoms with Crippen LogP contribution in [0.4, 0.5) is 11.5 Å². The van der Waals surface area contributed by atoms with Crippen LogP contribution in [0.2, 0.25) is 4.34 Å². The Balaban J connectivity index is 1.40. The van der Waals surface area contributed by atoms with Crippen molar-refractivity contribution in [2.45, 2.75) is 14.3 Å². The van der Waals surface area contributed by atoms with Crippen LogP contribution in [0.1, 0.15) is 0 Å². The number of fused-ring (bicyclic) bond motifs is 1. The summed E-state index contributed by atoms with van der Waals surface area (Å²) in [6, 6.07) is 8.00. The van der Waals surface area contributed by atoms with Crippen LogP contribution in [-0.4, -0.2) is 43.3 Å². The summed E-state index contributed by atoms with van der Waals surface area (Å²) in [5.41, 5.74) is 6.41. The molecule has 4 rings (SSSR count). The fraction of sp³-hybridized carbons (Fsp3) is 0.167. The van der Waals surface area contributed by atoms with Crippen LogP contribution in [0.5, 0.6) is 11.5 Å². The van der Waals surface area contributed by atoms with E-state index in [9.17, 15) is 13.2 Å². The smallest absolute Gasteiger partial charge is 0.234 e. The number of benzene rings is 1. The zero-order valence-corrected chi connectivity index (χ0v) is 18.9. The first kappa shape index (κ1) is 21.7. The van der Waals surface area contributed by atoms with Crippen molar-refractivity contribution in [1.82, 2.24) is 9.97 Å². The quantitative estimate of drug-likeness (QED) is 0.388. The first-order chi connectivity index (χ1) is 14.8. The number of nitrogens with two attached hydrogens (primary N) is 1. The van der Waals surface area contributed by atoms with E-state index in [4.69, 9.17) is 26.8 Å². The van der Waals surface area contributed by atoms with E-state index >= 15 is 0 Å². The van der Waals surface area contributed by atoms with Gasteiger partial charge in [-0.1, -0.05) is 23.4 Å². The molecule has 0 saturated carbocycles. The highest BCUT2D eigenvalue weighted by molar-refractivity contribution is 7.99.